The molecule has 1 aromatic rings. The van der Waals surface area contributed by atoms with Crippen LogP contribution in [-0.2, 0) is 4.79 Å². The minimum absolute atomic E-state index is 0.497. The van der Waals surface area contributed by atoms with Crippen LogP contribution in [0.4, 0.5) is 0 Å². The lowest BCUT2D eigenvalue weighted by atomic mass is 9.83. The zero-order valence-corrected chi connectivity index (χ0v) is 11.5. The smallest absolute Gasteiger partial charge is 0.312 e. The highest BCUT2D eigenvalue weighted by atomic mass is 79.9. The van der Waals surface area contributed by atoms with E-state index < -0.39 is 17.5 Å². The van der Waals surface area contributed by atoms with Crippen LogP contribution in [0.25, 0.3) is 0 Å². The van der Waals surface area contributed by atoms with Crippen molar-refractivity contribution in [1.82, 2.24) is 0 Å². The minimum atomic E-state index is -1.27. The Morgan fingerprint density at radius 1 is 1.47 bits per heavy atom. The van der Waals surface area contributed by atoms with Gasteiger partial charge in [0, 0.05) is 4.47 Å². The Hall–Kier alpha value is -1.07. The molecule has 1 atom stereocenters. The van der Waals surface area contributed by atoms with Crippen LogP contribution in [0, 0.1) is 5.41 Å². The van der Waals surface area contributed by atoms with Crippen LogP contribution in [0.1, 0.15) is 25.5 Å². The second-order valence-electron chi connectivity index (χ2n) is 4.32. The van der Waals surface area contributed by atoms with E-state index in [0.29, 0.717) is 15.8 Å². The number of ether oxygens (including phenoxy) is 1. The maximum Gasteiger partial charge on any atom is 0.312 e. The summed E-state index contributed by atoms with van der Waals surface area (Å²) in [6.07, 6.45) is -1.12. The average Bonchev–Trinajstić information content (AvgIpc) is 2.28. The molecule has 0 aliphatic heterocycles. The summed E-state index contributed by atoms with van der Waals surface area (Å²) in [6.45, 7) is 2.96. The SMILES string of the molecule is COc1ccc(Br)c(C(O)C(C)(C)C(=O)O)c1. The molecule has 0 aromatic heterocycles. The number of hydrogen-bond acceptors (Lipinski definition) is 3. The fourth-order valence-corrected chi connectivity index (χ4v) is 1.83. The highest BCUT2D eigenvalue weighted by Crippen LogP contribution is 2.38. The number of rotatable bonds is 4. The summed E-state index contributed by atoms with van der Waals surface area (Å²) in [5.41, 5.74) is -0.772. The first-order valence-electron chi connectivity index (χ1n) is 5.05. The summed E-state index contributed by atoms with van der Waals surface area (Å²) in [7, 11) is 1.52. The fraction of sp³-hybridized carbons (Fsp3) is 0.417. The van der Waals surface area contributed by atoms with Crippen molar-refractivity contribution < 1.29 is 19.7 Å². The summed E-state index contributed by atoms with van der Waals surface area (Å²) in [5.74, 6) is -0.483. The lowest BCUT2D eigenvalue weighted by Crippen LogP contribution is -2.31. The predicted molar refractivity (Wildman–Crippen MR) is 67.1 cm³/mol. The Balaban J connectivity index is 3.19. The Labute approximate surface area is 108 Å². The molecule has 17 heavy (non-hydrogen) atoms. The van der Waals surface area contributed by atoms with Crippen LogP contribution in [0.5, 0.6) is 5.75 Å². The van der Waals surface area contributed by atoms with Gasteiger partial charge in [-0.1, -0.05) is 15.9 Å². The summed E-state index contributed by atoms with van der Waals surface area (Å²) in [6, 6.07) is 5.07. The molecule has 1 aromatic carbocycles. The van der Waals surface area contributed by atoms with Gasteiger partial charge in [-0.05, 0) is 37.6 Å². The molecule has 1 rings (SSSR count). The molecule has 5 heteroatoms. The number of carbonyl (C=O) groups is 1. The summed E-state index contributed by atoms with van der Waals surface area (Å²) >= 11 is 3.29. The molecule has 0 aliphatic carbocycles. The molecule has 0 radical (unpaired) electrons. The summed E-state index contributed by atoms with van der Waals surface area (Å²) in [5, 5.41) is 19.2. The van der Waals surface area contributed by atoms with Gasteiger partial charge in [0.1, 0.15) is 5.75 Å². The molecule has 2 N–H and O–H groups in total. The Bertz CT molecular complexity index is 429. The fourth-order valence-electron chi connectivity index (χ4n) is 1.36. The van der Waals surface area contributed by atoms with Gasteiger partial charge in [0.05, 0.1) is 18.6 Å². The molecule has 0 heterocycles. The van der Waals surface area contributed by atoms with Crippen LogP contribution in [0.3, 0.4) is 0 Å². The first-order valence-corrected chi connectivity index (χ1v) is 5.85. The van der Waals surface area contributed by atoms with Gasteiger partial charge in [0.25, 0.3) is 0 Å². The van der Waals surface area contributed by atoms with Crippen LogP contribution in [-0.4, -0.2) is 23.3 Å². The number of benzene rings is 1. The number of methoxy groups -OCH3 is 1. The second kappa shape index (κ2) is 5.06. The molecule has 0 bridgehead atoms. The standard InChI is InChI=1S/C12H15BrO4/c1-12(2,11(15)16)10(14)8-6-7(17-3)4-5-9(8)13/h4-6,10,14H,1-3H3,(H,15,16). The van der Waals surface area contributed by atoms with Gasteiger partial charge in [0.2, 0.25) is 0 Å². The Morgan fingerprint density at radius 3 is 2.53 bits per heavy atom. The highest BCUT2D eigenvalue weighted by molar-refractivity contribution is 9.10. The molecular weight excluding hydrogens is 288 g/mol. The highest BCUT2D eigenvalue weighted by Gasteiger charge is 2.37. The first-order chi connectivity index (χ1) is 7.80. The van der Waals surface area contributed by atoms with E-state index in [0.717, 1.165) is 0 Å². The van der Waals surface area contributed by atoms with E-state index in [9.17, 15) is 9.90 Å². The normalized spacial score (nSPS) is 13.2. The number of carboxylic acids is 1. The topological polar surface area (TPSA) is 66.8 Å². The van der Waals surface area contributed by atoms with Crippen LogP contribution < -0.4 is 4.74 Å². The van der Waals surface area contributed by atoms with Gasteiger partial charge in [-0.2, -0.15) is 0 Å². The maximum absolute atomic E-state index is 11.1. The lowest BCUT2D eigenvalue weighted by molar-refractivity contribution is -0.153. The number of carboxylic acid groups (broad SMARTS) is 1. The van der Waals surface area contributed by atoms with Crippen molar-refractivity contribution in [2.45, 2.75) is 20.0 Å². The predicted octanol–water partition coefficient (Wildman–Crippen LogP) is 2.60. The third kappa shape index (κ3) is 2.79. The molecule has 0 saturated heterocycles. The van der Waals surface area contributed by atoms with Gasteiger partial charge >= 0.3 is 5.97 Å². The van der Waals surface area contributed by atoms with Crippen molar-refractivity contribution in [3.05, 3.63) is 28.2 Å². The first kappa shape index (κ1) is 14.0. The molecule has 4 nitrogen and oxygen atoms in total. The number of aliphatic carboxylic acids is 1. The van der Waals surface area contributed by atoms with E-state index in [2.05, 4.69) is 15.9 Å². The van der Waals surface area contributed by atoms with E-state index in [4.69, 9.17) is 9.84 Å². The third-order valence-corrected chi connectivity index (χ3v) is 3.45. The third-order valence-electron chi connectivity index (χ3n) is 2.73. The monoisotopic (exact) mass is 302 g/mol. The maximum atomic E-state index is 11.1. The molecule has 1 unspecified atom stereocenters. The number of halogens is 1. The van der Waals surface area contributed by atoms with Crippen molar-refractivity contribution in [2.75, 3.05) is 7.11 Å². The molecule has 0 aliphatic rings. The molecule has 0 amide bonds. The van der Waals surface area contributed by atoms with Gasteiger partial charge in [-0.25, -0.2) is 0 Å². The summed E-state index contributed by atoms with van der Waals surface area (Å²) in [4.78, 5) is 11.1. The molecular formula is C12H15BrO4. The van der Waals surface area contributed by atoms with Gasteiger partial charge in [-0.15, -0.1) is 0 Å². The molecule has 0 spiro atoms. The average molecular weight is 303 g/mol. The number of hydrogen-bond donors (Lipinski definition) is 2. The number of aliphatic hydroxyl groups excluding tert-OH is 1. The van der Waals surface area contributed by atoms with Crippen molar-refractivity contribution >= 4 is 21.9 Å². The van der Waals surface area contributed by atoms with E-state index >= 15 is 0 Å². The summed E-state index contributed by atoms with van der Waals surface area (Å²) < 4.78 is 5.71. The lowest BCUT2D eigenvalue weighted by Gasteiger charge is -2.27. The molecule has 0 fully saturated rings. The van der Waals surface area contributed by atoms with Gasteiger partial charge in [0.15, 0.2) is 0 Å². The van der Waals surface area contributed by atoms with Crippen molar-refractivity contribution in [1.29, 1.82) is 0 Å². The van der Waals surface area contributed by atoms with Crippen molar-refractivity contribution in [3.63, 3.8) is 0 Å². The zero-order chi connectivity index (χ0) is 13.2. The zero-order valence-electron chi connectivity index (χ0n) is 9.90. The molecule has 94 valence electrons. The van der Waals surface area contributed by atoms with Gasteiger partial charge < -0.3 is 14.9 Å². The van der Waals surface area contributed by atoms with E-state index in [-0.39, 0.29) is 0 Å². The van der Waals surface area contributed by atoms with Crippen LogP contribution >= 0.6 is 15.9 Å². The van der Waals surface area contributed by atoms with Crippen LogP contribution in [0.2, 0.25) is 0 Å². The van der Waals surface area contributed by atoms with Gasteiger partial charge in [-0.3, -0.25) is 4.79 Å². The van der Waals surface area contributed by atoms with E-state index in [1.165, 1.54) is 21.0 Å². The van der Waals surface area contributed by atoms with Crippen molar-refractivity contribution in [2.24, 2.45) is 5.41 Å². The largest absolute Gasteiger partial charge is 0.497 e. The number of aliphatic hydroxyl groups is 1. The van der Waals surface area contributed by atoms with Crippen molar-refractivity contribution in [3.8, 4) is 5.75 Å². The Morgan fingerprint density at radius 2 is 2.06 bits per heavy atom. The van der Waals surface area contributed by atoms with E-state index in [1.54, 1.807) is 18.2 Å². The van der Waals surface area contributed by atoms with Crippen LogP contribution in [0.15, 0.2) is 22.7 Å². The van der Waals surface area contributed by atoms with E-state index in [1.807, 2.05) is 0 Å². The molecule has 0 saturated carbocycles. The second-order valence-corrected chi connectivity index (χ2v) is 5.17. The Kier molecular flexibility index (Phi) is 4.16. The quantitative estimate of drug-likeness (QED) is 0.897. The minimum Gasteiger partial charge on any atom is -0.497 e.